The predicted octanol–water partition coefficient (Wildman–Crippen LogP) is 5.72. The summed E-state index contributed by atoms with van der Waals surface area (Å²) in [5.41, 5.74) is 3.06. The molecule has 1 atom stereocenters. The average molecular weight is 386 g/mol. The summed E-state index contributed by atoms with van der Waals surface area (Å²) in [6.07, 6.45) is 11.6. The van der Waals surface area contributed by atoms with Gasteiger partial charge in [-0.3, -0.25) is 0 Å². The zero-order valence-corrected chi connectivity index (χ0v) is 14.8. The maximum atomic E-state index is 5.92. The van der Waals surface area contributed by atoms with E-state index in [9.17, 15) is 0 Å². The van der Waals surface area contributed by atoms with Crippen molar-refractivity contribution in [3.63, 3.8) is 0 Å². The third-order valence-corrected chi connectivity index (χ3v) is 5.16. The second-order valence-corrected chi connectivity index (χ2v) is 7.65. The van der Waals surface area contributed by atoms with Crippen LogP contribution in [0.1, 0.15) is 63.0 Å². The van der Waals surface area contributed by atoms with Crippen LogP contribution in [0.5, 0.6) is 5.75 Å². The van der Waals surface area contributed by atoms with Crippen LogP contribution in [0, 0.1) is 0 Å². The Bertz CT molecular complexity index is 402. The Labute approximate surface area is 137 Å². The molecular weight excluding hydrogens is 359 g/mol. The Morgan fingerprint density at radius 2 is 2.00 bits per heavy atom. The summed E-state index contributed by atoms with van der Waals surface area (Å²) < 4.78 is 6.72. The van der Waals surface area contributed by atoms with Gasteiger partial charge in [0.2, 0.25) is 0 Å². The molecule has 0 unspecified atom stereocenters. The van der Waals surface area contributed by atoms with Crippen LogP contribution in [0.4, 0.5) is 0 Å². The standard InChI is InChI=1S/C18H27IO/c1-2-3-4-5-6-12-20-18-11-10-16-13-17(19)9-7-8-15(16)14-18/h10-11,14,17H,2-9,12-13H2,1H3/t17-/m1/s1. The number of hydrogen-bond acceptors (Lipinski definition) is 1. The van der Waals surface area contributed by atoms with Gasteiger partial charge in [-0.25, -0.2) is 0 Å². The van der Waals surface area contributed by atoms with Crippen LogP contribution in [0.3, 0.4) is 0 Å². The minimum absolute atomic E-state index is 0.805. The lowest BCUT2D eigenvalue weighted by Gasteiger charge is -2.11. The first-order chi connectivity index (χ1) is 9.79. The molecule has 20 heavy (non-hydrogen) atoms. The van der Waals surface area contributed by atoms with Gasteiger partial charge in [-0.15, -0.1) is 0 Å². The molecule has 2 heteroatoms. The number of aryl methyl sites for hydroxylation is 1. The van der Waals surface area contributed by atoms with Crippen LogP contribution >= 0.6 is 22.6 Å². The fourth-order valence-corrected chi connectivity index (χ4v) is 3.79. The second kappa shape index (κ2) is 8.91. The van der Waals surface area contributed by atoms with E-state index in [1.54, 1.807) is 0 Å². The molecule has 0 radical (unpaired) electrons. The van der Waals surface area contributed by atoms with Crippen molar-refractivity contribution in [2.24, 2.45) is 0 Å². The molecule has 1 aromatic rings. The number of halogens is 1. The van der Waals surface area contributed by atoms with Crippen molar-refractivity contribution in [2.75, 3.05) is 6.61 Å². The van der Waals surface area contributed by atoms with Gasteiger partial charge >= 0.3 is 0 Å². The molecule has 0 heterocycles. The molecule has 1 nitrogen and oxygen atoms in total. The third kappa shape index (κ3) is 5.27. The van der Waals surface area contributed by atoms with Gasteiger partial charge in [0.15, 0.2) is 0 Å². The van der Waals surface area contributed by atoms with Gasteiger partial charge in [-0.1, -0.05) is 61.3 Å². The summed E-state index contributed by atoms with van der Waals surface area (Å²) in [5, 5.41) is 0. The summed E-state index contributed by atoms with van der Waals surface area (Å²) in [7, 11) is 0. The van der Waals surface area contributed by atoms with E-state index in [1.165, 1.54) is 68.9 Å². The lowest BCUT2D eigenvalue weighted by atomic mass is 10.0. The van der Waals surface area contributed by atoms with Gasteiger partial charge in [-0.05, 0) is 55.4 Å². The normalized spacial score (nSPS) is 18.4. The molecule has 0 aliphatic heterocycles. The first-order valence-corrected chi connectivity index (χ1v) is 9.43. The SMILES string of the molecule is CCCCCCCOc1ccc2c(c1)CCC[C@@H](I)C2. The molecule has 0 fully saturated rings. The molecule has 0 saturated carbocycles. The van der Waals surface area contributed by atoms with Crippen molar-refractivity contribution in [1.29, 1.82) is 0 Å². The summed E-state index contributed by atoms with van der Waals surface area (Å²) in [6.45, 7) is 3.13. The first kappa shape index (κ1) is 16.1. The van der Waals surface area contributed by atoms with Gasteiger partial charge in [-0.2, -0.15) is 0 Å². The highest BCUT2D eigenvalue weighted by Gasteiger charge is 2.14. The highest BCUT2D eigenvalue weighted by atomic mass is 127. The van der Waals surface area contributed by atoms with Crippen molar-refractivity contribution in [2.45, 2.75) is 68.6 Å². The molecule has 0 spiro atoms. The van der Waals surface area contributed by atoms with Crippen molar-refractivity contribution in [3.05, 3.63) is 29.3 Å². The van der Waals surface area contributed by atoms with Gasteiger partial charge < -0.3 is 4.74 Å². The summed E-state index contributed by atoms with van der Waals surface area (Å²) in [4.78, 5) is 0. The Morgan fingerprint density at radius 1 is 1.15 bits per heavy atom. The average Bonchev–Trinajstić information content (AvgIpc) is 2.63. The van der Waals surface area contributed by atoms with Gasteiger partial charge in [0.25, 0.3) is 0 Å². The number of ether oxygens (including phenoxy) is 1. The molecule has 0 N–H and O–H groups in total. The molecule has 1 aromatic carbocycles. The van der Waals surface area contributed by atoms with Crippen molar-refractivity contribution >= 4 is 22.6 Å². The molecule has 1 aliphatic carbocycles. The van der Waals surface area contributed by atoms with E-state index in [2.05, 4.69) is 47.7 Å². The molecular formula is C18H27IO. The molecule has 0 aromatic heterocycles. The van der Waals surface area contributed by atoms with Crippen molar-refractivity contribution < 1.29 is 4.74 Å². The van der Waals surface area contributed by atoms with Crippen LogP contribution < -0.4 is 4.74 Å². The fourth-order valence-electron chi connectivity index (χ4n) is 2.87. The zero-order valence-electron chi connectivity index (χ0n) is 12.7. The topological polar surface area (TPSA) is 9.23 Å². The highest BCUT2D eigenvalue weighted by molar-refractivity contribution is 14.1. The molecule has 112 valence electrons. The molecule has 2 rings (SSSR count). The lowest BCUT2D eigenvalue weighted by Crippen LogP contribution is -2.01. The Hall–Kier alpha value is -0.250. The van der Waals surface area contributed by atoms with E-state index < -0.39 is 0 Å². The minimum atomic E-state index is 0.805. The van der Waals surface area contributed by atoms with E-state index in [-0.39, 0.29) is 0 Å². The summed E-state index contributed by atoms with van der Waals surface area (Å²) in [5.74, 6) is 1.08. The number of benzene rings is 1. The van der Waals surface area contributed by atoms with Gasteiger partial charge in [0.05, 0.1) is 6.61 Å². The lowest BCUT2D eigenvalue weighted by molar-refractivity contribution is 0.304. The smallest absolute Gasteiger partial charge is 0.119 e. The Morgan fingerprint density at radius 3 is 2.85 bits per heavy atom. The van der Waals surface area contributed by atoms with Gasteiger partial charge in [0, 0.05) is 3.92 Å². The molecule has 1 aliphatic rings. The van der Waals surface area contributed by atoms with Crippen LogP contribution in [-0.4, -0.2) is 10.5 Å². The van der Waals surface area contributed by atoms with E-state index in [1.807, 2.05) is 0 Å². The summed E-state index contributed by atoms with van der Waals surface area (Å²) >= 11 is 2.59. The van der Waals surface area contributed by atoms with Crippen LogP contribution in [0.15, 0.2) is 18.2 Å². The highest BCUT2D eigenvalue weighted by Crippen LogP contribution is 2.28. The Kier molecular flexibility index (Phi) is 7.18. The quantitative estimate of drug-likeness (QED) is 0.252. The van der Waals surface area contributed by atoms with Crippen molar-refractivity contribution in [1.82, 2.24) is 0 Å². The van der Waals surface area contributed by atoms with Gasteiger partial charge in [0.1, 0.15) is 5.75 Å². The largest absolute Gasteiger partial charge is 0.494 e. The number of fused-ring (bicyclic) bond motifs is 1. The zero-order chi connectivity index (χ0) is 14.2. The maximum Gasteiger partial charge on any atom is 0.119 e. The van der Waals surface area contributed by atoms with Crippen molar-refractivity contribution in [3.8, 4) is 5.75 Å². The van der Waals surface area contributed by atoms with Crippen LogP contribution in [-0.2, 0) is 12.8 Å². The number of unbranched alkanes of at least 4 members (excludes halogenated alkanes) is 4. The number of rotatable bonds is 7. The molecule has 0 saturated heterocycles. The predicted molar refractivity (Wildman–Crippen MR) is 95.1 cm³/mol. The third-order valence-electron chi connectivity index (χ3n) is 4.10. The van der Waals surface area contributed by atoms with E-state index in [4.69, 9.17) is 4.74 Å². The minimum Gasteiger partial charge on any atom is -0.494 e. The molecule has 0 bridgehead atoms. The summed E-state index contributed by atoms with van der Waals surface area (Å²) in [6, 6.07) is 6.74. The molecule has 0 amide bonds. The van der Waals surface area contributed by atoms with Crippen LogP contribution in [0.2, 0.25) is 0 Å². The van der Waals surface area contributed by atoms with E-state index in [0.29, 0.717) is 0 Å². The second-order valence-electron chi connectivity index (χ2n) is 5.89. The van der Waals surface area contributed by atoms with E-state index in [0.717, 1.165) is 16.3 Å². The van der Waals surface area contributed by atoms with Crippen LogP contribution in [0.25, 0.3) is 0 Å². The monoisotopic (exact) mass is 386 g/mol. The number of alkyl halides is 1. The first-order valence-electron chi connectivity index (χ1n) is 8.18. The Balaban J connectivity index is 1.80. The van der Waals surface area contributed by atoms with E-state index >= 15 is 0 Å². The number of hydrogen-bond donors (Lipinski definition) is 0. The maximum absolute atomic E-state index is 5.92. The fraction of sp³-hybridized carbons (Fsp3) is 0.667.